The Bertz CT molecular complexity index is 550. The first-order valence-electron chi connectivity index (χ1n) is 7.96. The molecule has 0 bridgehead atoms. The second kappa shape index (κ2) is 6.89. The van der Waals surface area contributed by atoms with Gasteiger partial charge in [0.25, 0.3) is 0 Å². The third-order valence-corrected chi connectivity index (χ3v) is 4.39. The highest BCUT2D eigenvalue weighted by Gasteiger charge is 2.49. The van der Waals surface area contributed by atoms with Gasteiger partial charge in [-0.05, 0) is 33.3 Å². The second-order valence-electron chi connectivity index (χ2n) is 6.80. The van der Waals surface area contributed by atoms with E-state index < -0.39 is 0 Å². The molecule has 5 heteroatoms. The molecule has 1 aliphatic rings. The Morgan fingerprint density at radius 2 is 1.74 bits per heavy atom. The first-order valence-corrected chi connectivity index (χ1v) is 7.96. The van der Waals surface area contributed by atoms with Gasteiger partial charge in [-0.1, -0.05) is 42.4 Å². The third-order valence-electron chi connectivity index (χ3n) is 4.39. The zero-order chi connectivity index (χ0) is 17.1. The Labute approximate surface area is 139 Å². The number of benzene rings is 1. The maximum absolute atomic E-state index is 11.3. The zero-order valence-electron chi connectivity index (χ0n) is 14.5. The van der Waals surface area contributed by atoms with E-state index in [-0.39, 0.29) is 30.4 Å². The number of rotatable bonds is 5. The summed E-state index contributed by atoms with van der Waals surface area (Å²) in [6.45, 7) is 9.51. The molecule has 0 spiro atoms. The minimum atomic E-state index is -0.381. The molecule has 1 atom stereocenters. The van der Waals surface area contributed by atoms with E-state index in [9.17, 15) is 4.79 Å². The van der Waals surface area contributed by atoms with Gasteiger partial charge >= 0.3 is 13.1 Å². The number of carbonyl (C=O) groups is 1. The number of hydrogen-bond donors (Lipinski definition) is 0. The van der Waals surface area contributed by atoms with E-state index in [1.807, 2.05) is 70.1 Å². The van der Waals surface area contributed by atoms with Crippen LogP contribution in [0.3, 0.4) is 0 Å². The molecule has 1 heterocycles. The summed E-state index contributed by atoms with van der Waals surface area (Å²) in [4.78, 5) is 11.3. The quantitative estimate of drug-likeness (QED) is 0.611. The van der Waals surface area contributed by atoms with Crippen LogP contribution in [0.2, 0.25) is 0 Å². The van der Waals surface area contributed by atoms with Crippen LogP contribution in [-0.2, 0) is 18.8 Å². The molecule has 0 aliphatic carbocycles. The van der Waals surface area contributed by atoms with E-state index in [1.165, 1.54) is 6.92 Å². The summed E-state index contributed by atoms with van der Waals surface area (Å²) < 4.78 is 17.2. The molecule has 0 saturated carbocycles. The summed E-state index contributed by atoms with van der Waals surface area (Å²) in [6, 6.07) is 9.72. The molecule has 0 radical (unpaired) electrons. The highest BCUT2D eigenvalue weighted by molar-refractivity contribution is 6.51. The summed E-state index contributed by atoms with van der Waals surface area (Å²) in [7, 11) is -0.381. The van der Waals surface area contributed by atoms with Crippen molar-refractivity contribution in [1.29, 1.82) is 0 Å². The van der Waals surface area contributed by atoms with E-state index in [0.29, 0.717) is 6.42 Å². The Balaban J connectivity index is 2.00. The van der Waals surface area contributed by atoms with E-state index in [4.69, 9.17) is 14.0 Å². The average Bonchev–Trinajstić information content (AvgIpc) is 2.66. The van der Waals surface area contributed by atoms with Crippen molar-refractivity contribution in [3.8, 4) is 0 Å². The molecular formula is C18H25BO4. The van der Waals surface area contributed by atoms with Crippen LogP contribution in [0.5, 0.6) is 0 Å². The van der Waals surface area contributed by atoms with Gasteiger partial charge in [-0.25, -0.2) is 0 Å². The van der Waals surface area contributed by atoms with Crippen LogP contribution in [0.25, 0.3) is 0 Å². The van der Waals surface area contributed by atoms with Crippen molar-refractivity contribution in [2.24, 2.45) is 0 Å². The lowest BCUT2D eigenvalue weighted by molar-refractivity contribution is -0.146. The maximum Gasteiger partial charge on any atom is 0.486 e. The van der Waals surface area contributed by atoms with Crippen LogP contribution >= 0.6 is 0 Å². The largest absolute Gasteiger partial charge is 0.486 e. The van der Waals surface area contributed by atoms with Crippen molar-refractivity contribution in [2.45, 2.75) is 58.3 Å². The molecule has 1 aromatic rings. The first kappa shape index (κ1) is 17.8. The fourth-order valence-electron chi connectivity index (χ4n) is 2.40. The molecule has 1 unspecified atom stereocenters. The minimum absolute atomic E-state index is 0.289. The Kier molecular flexibility index (Phi) is 5.32. The zero-order valence-corrected chi connectivity index (χ0v) is 14.5. The Hall–Kier alpha value is -1.59. The number of esters is 1. The summed E-state index contributed by atoms with van der Waals surface area (Å²) in [5.74, 6) is 1.60. The van der Waals surface area contributed by atoms with Crippen molar-refractivity contribution in [3.63, 3.8) is 0 Å². The highest BCUT2D eigenvalue weighted by Crippen LogP contribution is 2.37. The number of hydrogen-bond acceptors (Lipinski definition) is 4. The van der Waals surface area contributed by atoms with Crippen LogP contribution < -0.4 is 0 Å². The topological polar surface area (TPSA) is 44.8 Å². The lowest BCUT2D eigenvalue weighted by atomic mass is 9.89. The molecule has 0 amide bonds. The predicted molar refractivity (Wildman–Crippen MR) is 90.8 cm³/mol. The van der Waals surface area contributed by atoms with Crippen molar-refractivity contribution >= 4 is 13.1 Å². The van der Waals surface area contributed by atoms with Gasteiger partial charge < -0.3 is 14.0 Å². The Morgan fingerprint density at radius 1 is 1.17 bits per heavy atom. The van der Waals surface area contributed by atoms with Crippen molar-refractivity contribution < 1.29 is 18.8 Å². The summed E-state index contributed by atoms with van der Waals surface area (Å²) in [6.07, 6.45) is 2.23. The SMILES string of the molecule is CC(=O)OC(C/C=C\B1OC(C)(C)C(C)(C)O1)c1ccccc1. The second-order valence-corrected chi connectivity index (χ2v) is 6.80. The van der Waals surface area contributed by atoms with Gasteiger partial charge in [0.2, 0.25) is 0 Å². The smallest absolute Gasteiger partial charge is 0.457 e. The van der Waals surface area contributed by atoms with Gasteiger partial charge in [0.05, 0.1) is 11.2 Å². The van der Waals surface area contributed by atoms with Crippen LogP contribution in [0, 0.1) is 0 Å². The predicted octanol–water partition coefficient (Wildman–Crippen LogP) is 3.87. The third kappa shape index (κ3) is 4.46. The van der Waals surface area contributed by atoms with Crippen molar-refractivity contribution in [3.05, 3.63) is 47.9 Å². The van der Waals surface area contributed by atoms with E-state index >= 15 is 0 Å². The van der Waals surface area contributed by atoms with E-state index in [1.54, 1.807) is 0 Å². The molecule has 0 N–H and O–H groups in total. The molecular weight excluding hydrogens is 291 g/mol. The van der Waals surface area contributed by atoms with Crippen molar-refractivity contribution in [1.82, 2.24) is 0 Å². The summed E-state index contributed by atoms with van der Waals surface area (Å²) in [5.41, 5.74) is 0.272. The highest BCUT2D eigenvalue weighted by atomic mass is 16.7. The fourth-order valence-corrected chi connectivity index (χ4v) is 2.40. The van der Waals surface area contributed by atoms with E-state index in [2.05, 4.69) is 0 Å². The molecule has 0 aromatic heterocycles. The van der Waals surface area contributed by atoms with Crippen LogP contribution in [-0.4, -0.2) is 24.3 Å². The van der Waals surface area contributed by atoms with Gasteiger partial charge in [0.15, 0.2) is 0 Å². The summed E-state index contributed by atoms with van der Waals surface area (Å²) >= 11 is 0. The number of ether oxygens (including phenoxy) is 1. The number of carbonyl (C=O) groups excluding carboxylic acids is 1. The Morgan fingerprint density at radius 3 is 2.26 bits per heavy atom. The summed E-state index contributed by atoms with van der Waals surface area (Å²) in [5, 5.41) is 0. The van der Waals surface area contributed by atoms with Crippen LogP contribution in [0.1, 0.15) is 52.7 Å². The molecule has 23 heavy (non-hydrogen) atoms. The lowest BCUT2D eigenvalue weighted by Crippen LogP contribution is -2.41. The van der Waals surface area contributed by atoms with Gasteiger partial charge in [-0.3, -0.25) is 4.79 Å². The fraction of sp³-hybridized carbons (Fsp3) is 0.500. The molecule has 1 fully saturated rings. The van der Waals surface area contributed by atoms with Crippen LogP contribution in [0.15, 0.2) is 42.4 Å². The van der Waals surface area contributed by atoms with Gasteiger partial charge in [-0.2, -0.15) is 0 Å². The standard InChI is InChI=1S/C18H25BO4/c1-14(20)21-16(15-10-7-6-8-11-15)12-9-13-19-22-17(2,3)18(4,5)23-19/h6-11,13,16H,12H2,1-5H3/b13-9-. The average molecular weight is 316 g/mol. The van der Waals surface area contributed by atoms with Gasteiger partial charge in [-0.15, -0.1) is 0 Å². The van der Waals surface area contributed by atoms with Gasteiger partial charge in [0.1, 0.15) is 6.10 Å². The minimum Gasteiger partial charge on any atom is -0.457 e. The molecule has 2 rings (SSSR count). The molecule has 4 nitrogen and oxygen atoms in total. The normalized spacial score (nSPS) is 20.7. The molecule has 1 saturated heterocycles. The monoisotopic (exact) mass is 316 g/mol. The van der Waals surface area contributed by atoms with Gasteiger partial charge in [0, 0.05) is 13.3 Å². The van der Waals surface area contributed by atoms with Crippen molar-refractivity contribution in [2.75, 3.05) is 0 Å². The van der Waals surface area contributed by atoms with E-state index in [0.717, 1.165) is 5.56 Å². The maximum atomic E-state index is 11.3. The van der Waals surface area contributed by atoms with Crippen LogP contribution in [0.4, 0.5) is 0 Å². The molecule has 1 aromatic carbocycles. The lowest BCUT2D eigenvalue weighted by Gasteiger charge is -2.32. The first-order chi connectivity index (χ1) is 10.7. The molecule has 124 valence electrons. The molecule has 1 aliphatic heterocycles.